The lowest BCUT2D eigenvalue weighted by Crippen LogP contribution is -2.41. The van der Waals surface area contributed by atoms with Crippen LogP contribution in [0.5, 0.6) is 0 Å². The lowest BCUT2D eigenvalue weighted by molar-refractivity contribution is 0.102. The van der Waals surface area contributed by atoms with Crippen molar-refractivity contribution in [3.8, 4) is 0 Å². The number of aliphatic hydroxyl groups excluding tert-OH is 2. The van der Waals surface area contributed by atoms with Gasteiger partial charge in [0.05, 0.1) is 19.3 Å². The Balaban J connectivity index is 4.27. The zero-order valence-corrected chi connectivity index (χ0v) is 27.7. The Morgan fingerprint density at radius 3 is 1.85 bits per heavy atom. The molecule has 0 aromatic carbocycles. The van der Waals surface area contributed by atoms with E-state index in [1.54, 1.807) is 0 Å². The third-order valence-corrected chi connectivity index (χ3v) is 8.94. The predicted octanol–water partition coefficient (Wildman–Crippen LogP) is 7.63. The predicted molar refractivity (Wildman–Crippen MR) is 174 cm³/mol. The Bertz CT molecular complexity index is 472. The van der Waals surface area contributed by atoms with Crippen LogP contribution < -0.4 is 0 Å². The highest BCUT2D eigenvalue weighted by atomic mass is 32.2. The monoisotopic (exact) mass is 575 g/mol. The van der Waals surface area contributed by atoms with Gasteiger partial charge in [0, 0.05) is 44.3 Å². The quantitative estimate of drug-likeness (QED) is 0.0806. The molecule has 2 N–H and O–H groups in total. The van der Waals surface area contributed by atoms with E-state index in [1.807, 2.05) is 11.8 Å². The van der Waals surface area contributed by atoms with E-state index in [1.165, 1.54) is 103 Å². The molecule has 2 unspecified atom stereocenters. The van der Waals surface area contributed by atoms with Crippen LogP contribution in [0.1, 0.15) is 130 Å². The molecule has 0 radical (unpaired) electrons. The molecule has 0 rings (SSSR count). The van der Waals surface area contributed by atoms with Gasteiger partial charge in [-0.3, -0.25) is 4.90 Å². The molecule has 0 aliphatic rings. The zero-order valence-electron chi connectivity index (χ0n) is 26.9. The molecule has 0 aliphatic carbocycles. The number of hydrogen-bond acceptors (Lipinski definition) is 6. The van der Waals surface area contributed by atoms with Crippen LogP contribution in [0.15, 0.2) is 0 Å². The maximum atomic E-state index is 10.8. The fourth-order valence-electron chi connectivity index (χ4n) is 5.23. The van der Waals surface area contributed by atoms with Gasteiger partial charge in [-0.15, -0.1) is 0 Å². The molecule has 0 heterocycles. The number of unbranched alkanes of at least 4 members (excludes halogenated alkanes) is 11. The SMILES string of the molecule is CCCCCCCCC(CCCCCC)COCCSCC(O)CN(CCCCCC)CCN(CC)CCO. The molecule has 0 bridgehead atoms. The molecule has 2 atom stereocenters. The summed E-state index contributed by atoms with van der Waals surface area (Å²) in [7, 11) is 0. The molecule has 6 heteroatoms. The van der Waals surface area contributed by atoms with Crippen LogP contribution in [0.2, 0.25) is 0 Å². The van der Waals surface area contributed by atoms with E-state index in [9.17, 15) is 10.2 Å². The summed E-state index contributed by atoms with van der Waals surface area (Å²) < 4.78 is 6.15. The van der Waals surface area contributed by atoms with Crippen LogP contribution in [0.4, 0.5) is 0 Å². The van der Waals surface area contributed by atoms with Gasteiger partial charge in [0.25, 0.3) is 0 Å². The van der Waals surface area contributed by atoms with Gasteiger partial charge in [0.1, 0.15) is 0 Å². The molecule has 236 valence electrons. The first-order valence-electron chi connectivity index (χ1n) is 17.0. The maximum absolute atomic E-state index is 10.8. The van der Waals surface area contributed by atoms with Crippen LogP contribution >= 0.6 is 11.8 Å². The summed E-state index contributed by atoms with van der Waals surface area (Å²) in [6.45, 7) is 16.3. The first kappa shape index (κ1) is 39.1. The van der Waals surface area contributed by atoms with Crippen molar-refractivity contribution in [1.82, 2.24) is 9.80 Å². The highest BCUT2D eigenvalue weighted by Gasteiger charge is 2.14. The van der Waals surface area contributed by atoms with Gasteiger partial charge in [-0.25, -0.2) is 0 Å². The molecule has 0 amide bonds. The van der Waals surface area contributed by atoms with Crippen LogP contribution in [0.25, 0.3) is 0 Å². The summed E-state index contributed by atoms with van der Waals surface area (Å²) in [5.41, 5.74) is 0. The minimum Gasteiger partial charge on any atom is -0.395 e. The Kier molecular flexibility index (Phi) is 31.2. The van der Waals surface area contributed by atoms with E-state index < -0.39 is 0 Å². The highest BCUT2D eigenvalue weighted by molar-refractivity contribution is 7.99. The zero-order chi connectivity index (χ0) is 28.8. The molecule has 0 fully saturated rings. The molecule has 0 aliphatic heterocycles. The number of likely N-dealkylation sites (N-methyl/N-ethyl adjacent to an activating group) is 1. The van der Waals surface area contributed by atoms with Gasteiger partial charge in [-0.1, -0.05) is 111 Å². The number of aliphatic hydroxyl groups is 2. The standard InChI is InChI=1S/C33H70N2O3S/c1-5-9-12-15-16-18-21-32(20-17-13-10-6-2)30-38-27-28-39-31-33(37)29-35(22-19-14-11-7-3)24-23-34(8-4)25-26-36/h32-33,36-37H,5-31H2,1-4H3. The van der Waals surface area contributed by atoms with Gasteiger partial charge in [0.15, 0.2) is 0 Å². The van der Waals surface area contributed by atoms with Gasteiger partial charge < -0.3 is 19.8 Å². The maximum Gasteiger partial charge on any atom is 0.0757 e. The van der Waals surface area contributed by atoms with Crippen molar-refractivity contribution in [2.24, 2.45) is 5.92 Å². The first-order valence-corrected chi connectivity index (χ1v) is 18.2. The summed E-state index contributed by atoms with van der Waals surface area (Å²) >= 11 is 1.83. The molecule has 0 saturated carbocycles. The van der Waals surface area contributed by atoms with E-state index in [0.29, 0.717) is 0 Å². The number of thioether (sulfide) groups is 1. The minimum atomic E-state index is -0.298. The molecule has 0 saturated heterocycles. The Hall–Kier alpha value is 0.150. The second-order valence-electron chi connectivity index (χ2n) is 11.6. The van der Waals surface area contributed by atoms with Crippen molar-refractivity contribution >= 4 is 11.8 Å². The first-order chi connectivity index (χ1) is 19.1. The lowest BCUT2D eigenvalue weighted by Gasteiger charge is -2.28. The summed E-state index contributed by atoms with van der Waals surface area (Å²) in [6.07, 6.45) is 21.0. The average molecular weight is 575 g/mol. The van der Waals surface area contributed by atoms with E-state index in [4.69, 9.17) is 4.74 Å². The minimum absolute atomic E-state index is 0.213. The van der Waals surface area contributed by atoms with Crippen LogP contribution in [0, 0.1) is 5.92 Å². The Labute approximate surface area is 249 Å². The molecule has 0 aromatic rings. The Morgan fingerprint density at radius 1 is 0.667 bits per heavy atom. The largest absolute Gasteiger partial charge is 0.395 e. The molecular weight excluding hydrogens is 504 g/mol. The number of rotatable bonds is 32. The van der Waals surface area contributed by atoms with Crippen LogP contribution in [-0.2, 0) is 4.74 Å². The molecule has 0 aromatic heterocycles. The fraction of sp³-hybridized carbons (Fsp3) is 1.00. The lowest BCUT2D eigenvalue weighted by atomic mass is 9.95. The average Bonchev–Trinajstić information content (AvgIpc) is 2.94. The fourth-order valence-corrected chi connectivity index (χ4v) is 6.01. The van der Waals surface area contributed by atoms with Gasteiger partial charge in [0.2, 0.25) is 0 Å². The van der Waals surface area contributed by atoms with E-state index in [0.717, 1.165) is 69.9 Å². The number of hydrogen-bond donors (Lipinski definition) is 2. The van der Waals surface area contributed by atoms with Crippen molar-refractivity contribution in [3.05, 3.63) is 0 Å². The third-order valence-electron chi connectivity index (χ3n) is 7.86. The van der Waals surface area contributed by atoms with Crippen molar-refractivity contribution < 1.29 is 14.9 Å². The smallest absolute Gasteiger partial charge is 0.0757 e. The van der Waals surface area contributed by atoms with Crippen molar-refractivity contribution in [2.45, 2.75) is 137 Å². The second kappa shape index (κ2) is 31.1. The number of ether oxygens (including phenoxy) is 1. The molecule has 5 nitrogen and oxygen atoms in total. The van der Waals surface area contributed by atoms with Gasteiger partial charge in [-0.05, 0) is 38.3 Å². The van der Waals surface area contributed by atoms with Gasteiger partial charge in [-0.2, -0.15) is 11.8 Å². The number of nitrogens with zero attached hydrogens (tertiary/aromatic N) is 2. The summed E-state index contributed by atoms with van der Waals surface area (Å²) in [5, 5.41) is 20.0. The third kappa shape index (κ3) is 26.8. The normalized spacial score (nSPS) is 13.5. The van der Waals surface area contributed by atoms with Crippen molar-refractivity contribution in [3.63, 3.8) is 0 Å². The summed E-state index contributed by atoms with van der Waals surface area (Å²) in [6, 6.07) is 0. The molecule has 39 heavy (non-hydrogen) atoms. The Morgan fingerprint density at radius 2 is 1.23 bits per heavy atom. The van der Waals surface area contributed by atoms with Crippen LogP contribution in [0.3, 0.4) is 0 Å². The van der Waals surface area contributed by atoms with E-state index >= 15 is 0 Å². The molecule has 0 spiro atoms. The summed E-state index contributed by atoms with van der Waals surface area (Å²) in [5.74, 6) is 2.47. The second-order valence-corrected chi connectivity index (χ2v) is 12.7. The van der Waals surface area contributed by atoms with E-state index in [-0.39, 0.29) is 12.7 Å². The van der Waals surface area contributed by atoms with Gasteiger partial charge >= 0.3 is 0 Å². The highest BCUT2D eigenvalue weighted by Crippen LogP contribution is 2.19. The van der Waals surface area contributed by atoms with Crippen LogP contribution in [-0.4, -0.2) is 96.7 Å². The molecular formula is C33H70N2O3S. The topological polar surface area (TPSA) is 56.2 Å². The summed E-state index contributed by atoms with van der Waals surface area (Å²) in [4.78, 5) is 4.73. The van der Waals surface area contributed by atoms with Crippen molar-refractivity contribution in [1.29, 1.82) is 0 Å². The van der Waals surface area contributed by atoms with E-state index in [2.05, 4.69) is 37.5 Å². The van der Waals surface area contributed by atoms with Crippen molar-refractivity contribution in [2.75, 3.05) is 70.6 Å².